The summed E-state index contributed by atoms with van der Waals surface area (Å²) in [5.74, 6) is 0.822. The summed E-state index contributed by atoms with van der Waals surface area (Å²) in [6.45, 7) is 2.34. The van der Waals surface area contributed by atoms with E-state index in [1.807, 2.05) is 0 Å². The van der Waals surface area contributed by atoms with Crippen LogP contribution >= 0.6 is 0 Å². The van der Waals surface area contributed by atoms with E-state index in [-0.39, 0.29) is 0 Å². The fourth-order valence-electron chi connectivity index (χ4n) is 1.86. The molecule has 1 unspecified atom stereocenters. The molecule has 0 saturated heterocycles. The van der Waals surface area contributed by atoms with Gasteiger partial charge in [-0.2, -0.15) is 0 Å². The van der Waals surface area contributed by atoms with Gasteiger partial charge < -0.3 is 0 Å². The third-order valence-electron chi connectivity index (χ3n) is 2.74. The van der Waals surface area contributed by atoms with Gasteiger partial charge in [0, 0.05) is 0 Å². The number of hydrogen-bond donors (Lipinski definition) is 0. The molecule has 0 fully saturated rings. The standard InChI is InChI=1S/C12H22/c1-12-10-8-6-4-2-3-5-7-9-11-12/h8,10,12H,2-7,9,11H2,1H3. The van der Waals surface area contributed by atoms with E-state index in [2.05, 4.69) is 19.1 Å². The Labute approximate surface area is 77.1 Å². The van der Waals surface area contributed by atoms with E-state index in [1.54, 1.807) is 0 Å². The van der Waals surface area contributed by atoms with Crippen LogP contribution in [-0.4, -0.2) is 0 Å². The smallest absolute Gasteiger partial charge is 0.0262 e. The van der Waals surface area contributed by atoms with Gasteiger partial charge >= 0.3 is 0 Å². The van der Waals surface area contributed by atoms with Crippen LogP contribution in [0.2, 0.25) is 0 Å². The first-order valence-corrected chi connectivity index (χ1v) is 5.56. The number of allylic oxidation sites excluding steroid dienone is 2. The van der Waals surface area contributed by atoms with Crippen molar-refractivity contribution in [1.29, 1.82) is 0 Å². The molecule has 1 atom stereocenters. The van der Waals surface area contributed by atoms with Crippen molar-refractivity contribution in [2.75, 3.05) is 0 Å². The largest absolute Gasteiger partial charge is 0.0883 e. The summed E-state index contributed by atoms with van der Waals surface area (Å²) in [6, 6.07) is 0. The number of rotatable bonds is 0. The zero-order valence-electron chi connectivity index (χ0n) is 8.39. The maximum absolute atomic E-state index is 2.41. The molecule has 0 amide bonds. The quantitative estimate of drug-likeness (QED) is 0.470. The highest BCUT2D eigenvalue weighted by Crippen LogP contribution is 2.15. The van der Waals surface area contributed by atoms with Crippen LogP contribution in [0.25, 0.3) is 0 Å². The Hall–Kier alpha value is -0.260. The minimum absolute atomic E-state index is 0.822. The van der Waals surface area contributed by atoms with Gasteiger partial charge in [0.25, 0.3) is 0 Å². The summed E-state index contributed by atoms with van der Waals surface area (Å²) in [5, 5.41) is 0. The lowest BCUT2D eigenvalue weighted by molar-refractivity contribution is 0.546. The van der Waals surface area contributed by atoms with Gasteiger partial charge in [-0.25, -0.2) is 0 Å². The second-order valence-electron chi connectivity index (χ2n) is 4.10. The Morgan fingerprint density at radius 1 is 0.917 bits per heavy atom. The summed E-state index contributed by atoms with van der Waals surface area (Å²) in [4.78, 5) is 0. The second-order valence-corrected chi connectivity index (χ2v) is 4.10. The third kappa shape index (κ3) is 4.58. The normalized spacial score (nSPS) is 27.9. The van der Waals surface area contributed by atoms with Gasteiger partial charge in [-0.05, 0) is 25.2 Å². The van der Waals surface area contributed by atoms with E-state index in [1.165, 1.54) is 51.4 Å². The first kappa shape index (κ1) is 9.83. The van der Waals surface area contributed by atoms with E-state index >= 15 is 0 Å². The first-order valence-electron chi connectivity index (χ1n) is 5.56. The van der Waals surface area contributed by atoms with Crippen molar-refractivity contribution in [3.05, 3.63) is 12.2 Å². The van der Waals surface area contributed by atoms with E-state index in [0.717, 1.165) is 5.92 Å². The van der Waals surface area contributed by atoms with Crippen molar-refractivity contribution in [3.63, 3.8) is 0 Å². The van der Waals surface area contributed by atoms with Gasteiger partial charge in [0.05, 0.1) is 0 Å². The molecule has 0 heteroatoms. The molecule has 0 bridgehead atoms. The average molecular weight is 166 g/mol. The van der Waals surface area contributed by atoms with Crippen LogP contribution in [0, 0.1) is 5.92 Å². The van der Waals surface area contributed by atoms with Crippen LogP contribution < -0.4 is 0 Å². The van der Waals surface area contributed by atoms with Crippen LogP contribution in [0.3, 0.4) is 0 Å². The minimum Gasteiger partial charge on any atom is -0.0883 e. The van der Waals surface area contributed by atoms with Crippen LogP contribution in [-0.2, 0) is 0 Å². The topological polar surface area (TPSA) is 0 Å². The van der Waals surface area contributed by atoms with Crippen LogP contribution in [0.15, 0.2) is 12.2 Å². The van der Waals surface area contributed by atoms with Gasteiger partial charge in [-0.3, -0.25) is 0 Å². The van der Waals surface area contributed by atoms with Crippen molar-refractivity contribution >= 4 is 0 Å². The van der Waals surface area contributed by atoms with Gasteiger partial charge in [0.2, 0.25) is 0 Å². The van der Waals surface area contributed by atoms with E-state index < -0.39 is 0 Å². The molecule has 0 aliphatic heterocycles. The van der Waals surface area contributed by atoms with Crippen molar-refractivity contribution in [2.24, 2.45) is 5.92 Å². The molecule has 0 nitrogen and oxygen atoms in total. The van der Waals surface area contributed by atoms with Crippen molar-refractivity contribution in [1.82, 2.24) is 0 Å². The van der Waals surface area contributed by atoms with Crippen molar-refractivity contribution < 1.29 is 0 Å². The van der Waals surface area contributed by atoms with Crippen molar-refractivity contribution in [2.45, 2.75) is 58.3 Å². The SMILES string of the molecule is CC1C=CCCCCCCCC1. The van der Waals surface area contributed by atoms with Crippen LogP contribution in [0.1, 0.15) is 58.3 Å². The summed E-state index contributed by atoms with van der Waals surface area (Å²) in [6.07, 6.45) is 16.2. The Kier molecular flexibility index (Phi) is 5.14. The second kappa shape index (κ2) is 6.28. The highest BCUT2D eigenvalue weighted by Gasteiger charge is 1.98. The molecule has 0 radical (unpaired) electrons. The summed E-state index contributed by atoms with van der Waals surface area (Å²) in [7, 11) is 0. The monoisotopic (exact) mass is 166 g/mol. The van der Waals surface area contributed by atoms with E-state index in [0.29, 0.717) is 0 Å². The first-order chi connectivity index (χ1) is 5.89. The maximum Gasteiger partial charge on any atom is -0.0262 e. The molecular formula is C12H22. The minimum atomic E-state index is 0.822. The van der Waals surface area contributed by atoms with E-state index in [9.17, 15) is 0 Å². The molecule has 0 aromatic rings. The summed E-state index contributed by atoms with van der Waals surface area (Å²) < 4.78 is 0. The molecule has 0 aromatic carbocycles. The molecule has 0 saturated carbocycles. The number of hydrogen-bond acceptors (Lipinski definition) is 0. The Morgan fingerprint density at radius 2 is 1.58 bits per heavy atom. The molecule has 0 N–H and O–H groups in total. The van der Waals surface area contributed by atoms with Gasteiger partial charge in [-0.1, -0.05) is 51.2 Å². The Morgan fingerprint density at radius 3 is 2.42 bits per heavy atom. The lowest BCUT2D eigenvalue weighted by Crippen LogP contribution is -1.88. The average Bonchev–Trinajstić information content (AvgIpc) is 2.11. The highest BCUT2D eigenvalue weighted by atomic mass is 14.0. The summed E-state index contributed by atoms with van der Waals surface area (Å²) in [5.41, 5.74) is 0. The molecular weight excluding hydrogens is 144 g/mol. The lowest BCUT2D eigenvalue weighted by atomic mass is 10.0. The zero-order chi connectivity index (χ0) is 8.65. The van der Waals surface area contributed by atoms with Crippen molar-refractivity contribution in [3.8, 4) is 0 Å². The molecule has 70 valence electrons. The van der Waals surface area contributed by atoms with Gasteiger partial charge in [0.15, 0.2) is 0 Å². The third-order valence-corrected chi connectivity index (χ3v) is 2.74. The molecule has 0 spiro atoms. The predicted molar refractivity (Wildman–Crippen MR) is 55.2 cm³/mol. The Balaban J connectivity index is 2.24. The molecule has 0 heterocycles. The van der Waals surface area contributed by atoms with Gasteiger partial charge in [0.1, 0.15) is 0 Å². The molecule has 12 heavy (non-hydrogen) atoms. The fourth-order valence-corrected chi connectivity index (χ4v) is 1.86. The fraction of sp³-hybridized carbons (Fsp3) is 0.833. The van der Waals surface area contributed by atoms with Crippen LogP contribution in [0.4, 0.5) is 0 Å². The Bertz CT molecular complexity index is 124. The van der Waals surface area contributed by atoms with E-state index in [4.69, 9.17) is 0 Å². The lowest BCUT2D eigenvalue weighted by Gasteiger charge is -2.04. The van der Waals surface area contributed by atoms with Gasteiger partial charge in [-0.15, -0.1) is 0 Å². The molecule has 1 aliphatic carbocycles. The predicted octanol–water partition coefficient (Wildman–Crippen LogP) is 4.31. The van der Waals surface area contributed by atoms with Crippen LogP contribution in [0.5, 0.6) is 0 Å². The maximum atomic E-state index is 2.41. The summed E-state index contributed by atoms with van der Waals surface area (Å²) >= 11 is 0. The highest BCUT2D eigenvalue weighted by molar-refractivity contribution is 4.86. The zero-order valence-corrected chi connectivity index (χ0v) is 8.39. The molecule has 0 aromatic heterocycles. The molecule has 1 aliphatic rings. The molecule has 1 rings (SSSR count).